The van der Waals surface area contributed by atoms with Gasteiger partial charge in [-0.25, -0.2) is 23.5 Å². The van der Waals surface area contributed by atoms with Crippen molar-refractivity contribution in [3.63, 3.8) is 0 Å². The molecule has 1 saturated carbocycles. The molecule has 1 saturated heterocycles. The van der Waals surface area contributed by atoms with Crippen LogP contribution >= 0.6 is 7.36 Å². The maximum absolute atomic E-state index is 15.8. The van der Waals surface area contributed by atoms with E-state index in [0.29, 0.717) is 35.7 Å². The van der Waals surface area contributed by atoms with Gasteiger partial charge in [0.05, 0.1) is 45.7 Å². The summed E-state index contributed by atoms with van der Waals surface area (Å²) in [5.74, 6) is 0.334. The van der Waals surface area contributed by atoms with Crippen molar-refractivity contribution in [2.45, 2.75) is 58.0 Å². The van der Waals surface area contributed by atoms with Gasteiger partial charge in [0.25, 0.3) is 0 Å². The lowest BCUT2D eigenvalue weighted by Gasteiger charge is -2.50. The van der Waals surface area contributed by atoms with Gasteiger partial charge in [0.2, 0.25) is 0 Å². The minimum absolute atomic E-state index is 0.0976. The number of alkyl halides is 3. The standard InChI is InChI=1S/C33H33F4N6OP/c1-21-19-41(20-22(2)44-21)45(40-29-16-10-8-14-27(29)33(35,36)37)30-23(3)39-42(24-11-5-4-6-12-24)32(30)38-31(43(45)25-17-18-25)26-13-7-9-15-28(26)34/h4-16,21-22,25H,17-20H2,1-3H3/t21-,22+,45-/m1/s1. The van der Waals surface area contributed by atoms with Gasteiger partial charge < -0.3 is 9.41 Å². The first-order chi connectivity index (χ1) is 21.6. The average molecular weight is 637 g/mol. The van der Waals surface area contributed by atoms with Crippen molar-refractivity contribution in [3.8, 4) is 5.69 Å². The molecule has 0 bridgehead atoms. The third kappa shape index (κ3) is 5.20. The fourth-order valence-corrected chi connectivity index (χ4v) is 10.9. The molecule has 0 N–H and O–H groups in total. The number of hydrogen-bond donors (Lipinski definition) is 0. The number of nitrogens with zero attached hydrogens (tertiary/aromatic N) is 6. The largest absolute Gasteiger partial charge is 0.418 e. The van der Waals surface area contributed by atoms with E-state index in [0.717, 1.165) is 24.6 Å². The molecule has 7 nitrogen and oxygen atoms in total. The molecule has 3 aliphatic rings. The van der Waals surface area contributed by atoms with Gasteiger partial charge >= 0.3 is 6.18 Å². The predicted molar refractivity (Wildman–Crippen MR) is 167 cm³/mol. The van der Waals surface area contributed by atoms with Gasteiger partial charge in [-0.15, -0.1) is 0 Å². The molecule has 2 fully saturated rings. The first kappa shape index (κ1) is 29.9. The molecule has 0 radical (unpaired) electrons. The van der Waals surface area contributed by atoms with Gasteiger partial charge in [-0.1, -0.05) is 42.5 Å². The number of ether oxygens (including phenoxy) is 1. The first-order valence-corrected chi connectivity index (χ1v) is 16.7. The van der Waals surface area contributed by atoms with Crippen LogP contribution in [0.15, 0.2) is 88.6 Å². The van der Waals surface area contributed by atoms with Crippen molar-refractivity contribution in [1.29, 1.82) is 0 Å². The average Bonchev–Trinajstić information content (AvgIpc) is 3.78. The molecule has 0 spiro atoms. The van der Waals surface area contributed by atoms with Crippen molar-refractivity contribution in [2.24, 2.45) is 9.74 Å². The zero-order valence-electron chi connectivity index (χ0n) is 25.1. The summed E-state index contributed by atoms with van der Waals surface area (Å²) in [6.07, 6.45) is -3.51. The van der Waals surface area contributed by atoms with Crippen LogP contribution in [0.5, 0.6) is 0 Å². The van der Waals surface area contributed by atoms with Crippen molar-refractivity contribution in [2.75, 3.05) is 13.1 Å². The third-order valence-corrected chi connectivity index (χ3v) is 12.1. The summed E-state index contributed by atoms with van der Waals surface area (Å²) in [6.45, 7) is 6.61. The minimum atomic E-state index is -4.63. The number of morpholine rings is 1. The number of aryl methyl sites for hydroxylation is 1. The Balaban J connectivity index is 1.65. The molecule has 4 aromatic rings. The predicted octanol–water partition coefficient (Wildman–Crippen LogP) is 7.99. The van der Waals surface area contributed by atoms with E-state index in [-0.39, 0.29) is 29.5 Å². The fraction of sp³-hybridized carbons (Fsp3) is 0.333. The lowest BCUT2D eigenvalue weighted by molar-refractivity contribution is -0.137. The summed E-state index contributed by atoms with van der Waals surface area (Å²) >= 11 is 0. The number of fused-ring (bicyclic) bond motifs is 1. The molecule has 0 amide bonds. The first-order valence-electron chi connectivity index (χ1n) is 15.1. The number of aromatic nitrogens is 2. The van der Waals surface area contributed by atoms with E-state index in [1.807, 2.05) is 51.1 Å². The Morgan fingerprint density at radius 2 is 1.53 bits per heavy atom. The van der Waals surface area contributed by atoms with Crippen LogP contribution in [0, 0.1) is 12.7 Å². The van der Waals surface area contributed by atoms with Crippen LogP contribution in [0.2, 0.25) is 0 Å². The highest BCUT2D eigenvalue weighted by atomic mass is 31.2. The molecule has 12 heteroatoms. The van der Waals surface area contributed by atoms with Crippen LogP contribution in [-0.4, -0.2) is 56.3 Å². The molecule has 1 aliphatic carbocycles. The molecular formula is C33H33F4N6OP. The topological polar surface area (TPSA) is 58.3 Å². The van der Waals surface area contributed by atoms with E-state index in [2.05, 4.69) is 9.34 Å². The van der Waals surface area contributed by atoms with Crippen LogP contribution in [0.4, 0.5) is 29.1 Å². The number of para-hydroxylation sites is 1. The zero-order chi connectivity index (χ0) is 31.5. The Kier molecular flexibility index (Phi) is 7.46. The third-order valence-electron chi connectivity index (χ3n) is 8.29. The highest BCUT2D eigenvalue weighted by Gasteiger charge is 2.53. The molecule has 3 aromatic carbocycles. The second-order valence-corrected chi connectivity index (χ2v) is 14.6. The van der Waals surface area contributed by atoms with Gasteiger partial charge in [-0.05, 0) is 70.0 Å². The van der Waals surface area contributed by atoms with E-state index in [1.165, 1.54) is 18.2 Å². The monoisotopic (exact) mass is 636 g/mol. The molecule has 7 rings (SSSR count). The van der Waals surface area contributed by atoms with E-state index < -0.39 is 24.9 Å². The summed E-state index contributed by atoms with van der Waals surface area (Å²) in [4.78, 5) is 5.15. The Morgan fingerprint density at radius 3 is 2.20 bits per heavy atom. The molecule has 234 valence electrons. The van der Waals surface area contributed by atoms with E-state index in [9.17, 15) is 13.2 Å². The highest BCUT2D eigenvalue weighted by Crippen LogP contribution is 2.66. The van der Waals surface area contributed by atoms with E-state index in [4.69, 9.17) is 19.6 Å². The van der Waals surface area contributed by atoms with Crippen molar-refractivity contribution < 1.29 is 22.3 Å². The second kappa shape index (κ2) is 11.2. The number of rotatable bonds is 5. The van der Waals surface area contributed by atoms with Crippen LogP contribution in [0.1, 0.15) is 43.5 Å². The summed E-state index contributed by atoms with van der Waals surface area (Å²) < 4.78 is 76.9. The van der Waals surface area contributed by atoms with Crippen molar-refractivity contribution in [1.82, 2.24) is 19.1 Å². The quantitative estimate of drug-likeness (QED) is 0.165. The summed E-state index contributed by atoms with van der Waals surface area (Å²) in [6, 6.07) is 21.2. The van der Waals surface area contributed by atoms with Gasteiger partial charge in [-0.3, -0.25) is 0 Å². The van der Waals surface area contributed by atoms with Crippen molar-refractivity contribution >= 4 is 30.0 Å². The van der Waals surface area contributed by atoms with Crippen LogP contribution in [-0.2, 0) is 10.9 Å². The van der Waals surface area contributed by atoms with Crippen LogP contribution in [0.25, 0.3) is 5.69 Å². The normalized spacial score (nSPS) is 23.9. The van der Waals surface area contributed by atoms with Gasteiger partial charge in [0.1, 0.15) is 11.7 Å². The Hall–Kier alpha value is -3.79. The maximum atomic E-state index is 15.8. The molecule has 3 atom stereocenters. The summed E-state index contributed by atoms with van der Waals surface area (Å²) in [7, 11) is -3.40. The number of aliphatic imine (C=N–C) groups is 1. The number of hydrogen-bond acceptors (Lipinski definition) is 4. The Bertz CT molecular complexity index is 1820. The van der Waals surface area contributed by atoms with Gasteiger partial charge in [0.15, 0.2) is 13.2 Å². The highest BCUT2D eigenvalue weighted by molar-refractivity contribution is 7.70. The van der Waals surface area contributed by atoms with E-state index >= 15 is 4.39 Å². The lowest BCUT2D eigenvalue weighted by Crippen LogP contribution is -2.51. The van der Waals surface area contributed by atoms with Crippen LogP contribution < -0.4 is 5.30 Å². The molecule has 0 unspecified atom stereocenters. The SMILES string of the molecule is Cc1nn(-c2ccccc2)c2c1[P@@](=Nc1ccccc1C(F)(F)F)(N1C[C@@H](C)O[C@@H](C)C1)N(C1CC1)C(c1ccccc1F)=N2. The Morgan fingerprint density at radius 1 is 0.889 bits per heavy atom. The van der Waals surface area contributed by atoms with Crippen molar-refractivity contribution in [3.05, 3.63) is 102 Å². The fourth-order valence-electron chi connectivity index (χ4n) is 6.41. The molecule has 2 aliphatic heterocycles. The van der Waals surface area contributed by atoms with Crippen LogP contribution in [0.3, 0.4) is 0 Å². The molecular weight excluding hydrogens is 603 g/mol. The zero-order valence-corrected chi connectivity index (χ0v) is 26.0. The summed E-state index contributed by atoms with van der Waals surface area (Å²) in [5, 5.41) is 5.62. The Labute approximate surface area is 259 Å². The molecule has 1 aromatic heterocycles. The lowest BCUT2D eigenvalue weighted by atomic mass is 10.2. The number of benzene rings is 3. The summed E-state index contributed by atoms with van der Waals surface area (Å²) in [5.41, 5.74) is 0.633. The maximum Gasteiger partial charge on any atom is 0.418 e. The second-order valence-electron chi connectivity index (χ2n) is 11.8. The minimum Gasteiger partial charge on any atom is -0.373 e. The smallest absolute Gasteiger partial charge is 0.373 e. The van der Waals surface area contributed by atoms with E-state index in [1.54, 1.807) is 28.9 Å². The van der Waals surface area contributed by atoms with Gasteiger partial charge in [0, 0.05) is 19.1 Å². The van der Waals surface area contributed by atoms with Gasteiger partial charge in [-0.2, -0.15) is 18.3 Å². The number of halogens is 4. The molecule has 45 heavy (non-hydrogen) atoms. The molecule has 3 heterocycles. The number of amidine groups is 1.